The normalized spacial score (nSPS) is 21.2. The van der Waals surface area contributed by atoms with Gasteiger partial charge >= 0.3 is 0 Å². The molecule has 0 spiro atoms. The highest BCUT2D eigenvalue weighted by Crippen LogP contribution is 2.42. The van der Waals surface area contributed by atoms with E-state index in [2.05, 4.69) is 0 Å². The van der Waals surface area contributed by atoms with Crippen molar-refractivity contribution in [3.05, 3.63) is 63.4 Å². The predicted octanol–water partition coefficient (Wildman–Crippen LogP) is 4.66. The van der Waals surface area contributed by atoms with E-state index in [0.717, 1.165) is 5.56 Å². The molecule has 2 aromatic carbocycles. The third-order valence-electron chi connectivity index (χ3n) is 3.41. The highest BCUT2D eigenvalue weighted by Gasteiger charge is 2.28. The number of rotatable bonds is 1. The summed E-state index contributed by atoms with van der Waals surface area (Å²) in [4.78, 5) is 0. The van der Waals surface area contributed by atoms with Gasteiger partial charge < -0.3 is 10.5 Å². The first-order valence-electron chi connectivity index (χ1n) is 6.21. The topological polar surface area (TPSA) is 35.2 Å². The molecular weight excluding hydrogens is 300 g/mol. The summed E-state index contributed by atoms with van der Waals surface area (Å²) in [7, 11) is 0. The minimum atomic E-state index is -0.318. The van der Waals surface area contributed by atoms with Crippen LogP contribution in [0.5, 0.6) is 5.75 Å². The highest BCUT2D eigenvalue weighted by molar-refractivity contribution is 6.33. The lowest BCUT2D eigenvalue weighted by atomic mass is 9.93. The van der Waals surface area contributed by atoms with E-state index in [1.807, 2.05) is 0 Å². The van der Waals surface area contributed by atoms with E-state index in [0.29, 0.717) is 27.8 Å². The Morgan fingerprint density at radius 3 is 2.70 bits per heavy atom. The van der Waals surface area contributed by atoms with Crippen LogP contribution in [0.1, 0.15) is 29.7 Å². The van der Waals surface area contributed by atoms with E-state index in [9.17, 15) is 4.39 Å². The van der Waals surface area contributed by atoms with Gasteiger partial charge in [0.05, 0.1) is 0 Å². The second-order valence-electron chi connectivity index (χ2n) is 4.80. The van der Waals surface area contributed by atoms with E-state index in [1.54, 1.807) is 24.3 Å². The molecule has 20 heavy (non-hydrogen) atoms. The van der Waals surface area contributed by atoms with Crippen molar-refractivity contribution in [3.63, 3.8) is 0 Å². The summed E-state index contributed by atoms with van der Waals surface area (Å²) in [6.45, 7) is 0. The first kappa shape index (κ1) is 13.7. The number of hydrogen-bond donors (Lipinski definition) is 1. The van der Waals surface area contributed by atoms with Crippen molar-refractivity contribution < 1.29 is 9.13 Å². The number of nitrogens with two attached hydrogens (primary N) is 1. The van der Waals surface area contributed by atoms with Crippen molar-refractivity contribution in [2.24, 2.45) is 5.73 Å². The van der Waals surface area contributed by atoms with Crippen molar-refractivity contribution in [3.8, 4) is 5.75 Å². The fraction of sp³-hybridized carbons (Fsp3) is 0.200. The maximum atomic E-state index is 13.3. The monoisotopic (exact) mass is 311 g/mol. The van der Waals surface area contributed by atoms with Crippen LogP contribution in [-0.4, -0.2) is 0 Å². The first-order chi connectivity index (χ1) is 9.54. The van der Waals surface area contributed by atoms with Crippen LogP contribution in [-0.2, 0) is 0 Å². The van der Waals surface area contributed by atoms with Gasteiger partial charge in [0, 0.05) is 33.6 Å². The van der Waals surface area contributed by atoms with Crippen molar-refractivity contribution in [2.45, 2.75) is 18.6 Å². The summed E-state index contributed by atoms with van der Waals surface area (Å²) in [6.07, 6.45) is 0.241. The fourth-order valence-corrected chi connectivity index (χ4v) is 2.85. The van der Waals surface area contributed by atoms with E-state index < -0.39 is 0 Å². The molecule has 0 fully saturated rings. The van der Waals surface area contributed by atoms with Gasteiger partial charge in [0.1, 0.15) is 17.7 Å². The van der Waals surface area contributed by atoms with Crippen molar-refractivity contribution in [1.29, 1.82) is 0 Å². The SMILES string of the molecule is N[C@H]1CC(c2cc(Cl)ccc2Cl)Oc2ccc(F)cc21. The summed E-state index contributed by atoms with van der Waals surface area (Å²) in [6, 6.07) is 9.29. The van der Waals surface area contributed by atoms with Crippen LogP contribution in [0, 0.1) is 5.82 Å². The summed E-state index contributed by atoms with van der Waals surface area (Å²) in [5.74, 6) is 0.272. The van der Waals surface area contributed by atoms with Gasteiger partial charge in [-0.2, -0.15) is 0 Å². The zero-order chi connectivity index (χ0) is 14.3. The highest BCUT2D eigenvalue weighted by atomic mass is 35.5. The molecule has 2 nitrogen and oxygen atoms in total. The summed E-state index contributed by atoms with van der Waals surface area (Å²) in [5.41, 5.74) is 7.58. The molecule has 0 bridgehead atoms. The lowest BCUT2D eigenvalue weighted by Crippen LogP contribution is -2.24. The van der Waals surface area contributed by atoms with Crippen LogP contribution in [0.15, 0.2) is 36.4 Å². The zero-order valence-electron chi connectivity index (χ0n) is 10.4. The molecule has 5 heteroatoms. The predicted molar refractivity (Wildman–Crippen MR) is 77.8 cm³/mol. The molecular formula is C15H12Cl2FNO. The molecule has 0 aliphatic carbocycles. The van der Waals surface area contributed by atoms with Gasteiger partial charge in [0.25, 0.3) is 0 Å². The van der Waals surface area contributed by atoms with Crippen LogP contribution in [0.4, 0.5) is 4.39 Å². The molecule has 0 aromatic heterocycles. The molecule has 2 N–H and O–H groups in total. The number of hydrogen-bond acceptors (Lipinski definition) is 2. The smallest absolute Gasteiger partial charge is 0.127 e. The Kier molecular flexibility index (Phi) is 3.59. The van der Waals surface area contributed by atoms with E-state index in [4.69, 9.17) is 33.7 Å². The average molecular weight is 312 g/mol. The Balaban J connectivity index is 1.99. The Hall–Kier alpha value is -1.29. The van der Waals surface area contributed by atoms with E-state index in [1.165, 1.54) is 12.1 Å². The molecule has 3 rings (SSSR count). The molecule has 0 radical (unpaired) electrons. The second kappa shape index (κ2) is 5.24. The molecule has 0 saturated heterocycles. The zero-order valence-corrected chi connectivity index (χ0v) is 12.0. The Morgan fingerprint density at radius 2 is 1.90 bits per heavy atom. The summed E-state index contributed by atoms with van der Waals surface area (Å²) in [5, 5.41) is 1.17. The van der Waals surface area contributed by atoms with Gasteiger partial charge in [-0.25, -0.2) is 4.39 Å². The first-order valence-corrected chi connectivity index (χ1v) is 6.97. The third-order valence-corrected chi connectivity index (χ3v) is 3.99. The molecule has 2 atom stereocenters. The number of benzene rings is 2. The molecule has 1 aliphatic heterocycles. The lowest BCUT2D eigenvalue weighted by molar-refractivity contribution is 0.161. The number of fused-ring (bicyclic) bond motifs is 1. The van der Waals surface area contributed by atoms with Gasteiger partial charge in [0.15, 0.2) is 0 Å². The summed E-state index contributed by atoms with van der Waals surface area (Å²) >= 11 is 12.2. The molecule has 0 saturated carbocycles. The molecule has 1 unspecified atom stereocenters. The molecule has 1 heterocycles. The summed E-state index contributed by atoms with van der Waals surface area (Å²) < 4.78 is 19.1. The van der Waals surface area contributed by atoms with E-state index >= 15 is 0 Å². The maximum absolute atomic E-state index is 13.3. The lowest BCUT2D eigenvalue weighted by Gasteiger charge is -2.31. The van der Waals surface area contributed by atoms with Crippen molar-refractivity contribution >= 4 is 23.2 Å². The van der Waals surface area contributed by atoms with Crippen LogP contribution < -0.4 is 10.5 Å². The second-order valence-corrected chi connectivity index (χ2v) is 5.64. The maximum Gasteiger partial charge on any atom is 0.127 e. The minimum Gasteiger partial charge on any atom is -0.485 e. The van der Waals surface area contributed by atoms with Gasteiger partial charge in [-0.3, -0.25) is 0 Å². The van der Waals surface area contributed by atoms with Crippen LogP contribution in [0.2, 0.25) is 10.0 Å². The van der Waals surface area contributed by atoms with Gasteiger partial charge in [-0.15, -0.1) is 0 Å². The van der Waals surface area contributed by atoms with Crippen molar-refractivity contribution in [1.82, 2.24) is 0 Å². The standard InChI is InChI=1S/C15H12Cl2FNO/c16-8-1-3-12(17)10(5-8)15-7-13(19)11-6-9(18)2-4-14(11)20-15/h1-6,13,15H,7,19H2/t13-,15?/m0/s1. The average Bonchev–Trinajstić information content (AvgIpc) is 2.42. The number of ether oxygens (including phenoxy) is 1. The molecule has 104 valence electrons. The molecule has 2 aromatic rings. The van der Waals surface area contributed by atoms with Gasteiger partial charge in [0.2, 0.25) is 0 Å². The van der Waals surface area contributed by atoms with Crippen molar-refractivity contribution in [2.75, 3.05) is 0 Å². The Labute approximate surface area is 126 Å². The van der Waals surface area contributed by atoms with E-state index in [-0.39, 0.29) is 18.0 Å². The van der Waals surface area contributed by atoms with Gasteiger partial charge in [-0.05, 0) is 36.4 Å². The molecule has 0 amide bonds. The quantitative estimate of drug-likeness (QED) is 0.831. The Morgan fingerprint density at radius 1 is 1.10 bits per heavy atom. The van der Waals surface area contributed by atoms with Crippen LogP contribution >= 0.6 is 23.2 Å². The number of halogens is 3. The van der Waals surface area contributed by atoms with Crippen LogP contribution in [0.3, 0.4) is 0 Å². The minimum absolute atomic E-state index is 0.283. The largest absolute Gasteiger partial charge is 0.485 e. The third kappa shape index (κ3) is 2.49. The van der Waals surface area contributed by atoms with Gasteiger partial charge in [-0.1, -0.05) is 23.2 Å². The molecule has 1 aliphatic rings. The van der Waals surface area contributed by atoms with Crippen LogP contribution in [0.25, 0.3) is 0 Å². The fourth-order valence-electron chi connectivity index (χ4n) is 2.43. The Bertz CT molecular complexity index is 662.